The summed E-state index contributed by atoms with van der Waals surface area (Å²) in [5.74, 6) is 1.61. The summed E-state index contributed by atoms with van der Waals surface area (Å²) in [6.07, 6.45) is 1.72. The predicted molar refractivity (Wildman–Crippen MR) is 74.7 cm³/mol. The lowest BCUT2D eigenvalue weighted by atomic mass is 10.1. The fraction of sp³-hybridized carbons (Fsp3) is 0.533. The molecular weight excluding hydrogens is 240 g/mol. The predicted octanol–water partition coefficient (Wildman–Crippen LogP) is 1.38. The van der Waals surface area contributed by atoms with E-state index in [1.807, 2.05) is 7.05 Å². The maximum atomic E-state index is 12.1. The number of carbonyl (C=O) groups excluding carboxylic acids is 1. The Morgan fingerprint density at radius 3 is 2.58 bits per heavy atom. The summed E-state index contributed by atoms with van der Waals surface area (Å²) in [4.78, 5) is 13.9. The van der Waals surface area contributed by atoms with Crippen molar-refractivity contribution in [3.05, 3.63) is 29.8 Å². The zero-order chi connectivity index (χ0) is 14.0. The van der Waals surface area contributed by atoms with Crippen molar-refractivity contribution in [2.45, 2.75) is 25.8 Å². The fourth-order valence-corrected chi connectivity index (χ4v) is 2.35. The van der Waals surface area contributed by atoms with Crippen molar-refractivity contribution in [1.29, 1.82) is 0 Å². The van der Waals surface area contributed by atoms with Crippen LogP contribution in [0.1, 0.15) is 18.9 Å². The van der Waals surface area contributed by atoms with Crippen molar-refractivity contribution in [2.75, 3.05) is 13.6 Å². The number of phenols is 1. The van der Waals surface area contributed by atoms with Gasteiger partial charge in [0.15, 0.2) is 0 Å². The molecule has 1 fully saturated rings. The molecule has 1 aromatic carbocycles. The molecular formula is C15H22N2O2. The van der Waals surface area contributed by atoms with Gasteiger partial charge in [-0.1, -0.05) is 19.1 Å². The summed E-state index contributed by atoms with van der Waals surface area (Å²) >= 11 is 0. The number of benzene rings is 1. The van der Waals surface area contributed by atoms with Crippen LogP contribution in [-0.2, 0) is 11.2 Å². The summed E-state index contributed by atoms with van der Waals surface area (Å²) in [6.45, 7) is 3.02. The van der Waals surface area contributed by atoms with Gasteiger partial charge < -0.3 is 15.7 Å². The van der Waals surface area contributed by atoms with Crippen molar-refractivity contribution < 1.29 is 9.90 Å². The number of likely N-dealkylation sites (N-methyl/N-ethyl adjacent to an activating group) is 1. The largest absolute Gasteiger partial charge is 0.508 e. The number of amides is 1. The molecule has 3 atom stereocenters. The second-order valence-corrected chi connectivity index (χ2v) is 5.67. The van der Waals surface area contributed by atoms with E-state index in [-0.39, 0.29) is 11.7 Å². The molecule has 0 heterocycles. The van der Waals surface area contributed by atoms with Gasteiger partial charge in [0.2, 0.25) is 5.91 Å². The molecule has 19 heavy (non-hydrogen) atoms. The van der Waals surface area contributed by atoms with E-state index in [0.29, 0.717) is 12.3 Å². The van der Waals surface area contributed by atoms with Gasteiger partial charge in [-0.2, -0.15) is 0 Å². The molecule has 3 N–H and O–H groups in total. The molecule has 1 aliphatic carbocycles. The Hall–Kier alpha value is -1.55. The van der Waals surface area contributed by atoms with Gasteiger partial charge in [0.25, 0.3) is 0 Å². The van der Waals surface area contributed by atoms with Gasteiger partial charge in [-0.15, -0.1) is 0 Å². The molecule has 1 aromatic rings. The molecule has 2 rings (SSSR count). The quantitative estimate of drug-likeness (QED) is 0.842. The van der Waals surface area contributed by atoms with E-state index >= 15 is 0 Å². The number of nitrogens with two attached hydrogens (primary N) is 1. The molecule has 0 radical (unpaired) electrons. The summed E-state index contributed by atoms with van der Waals surface area (Å²) < 4.78 is 0. The topological polar surface area (TPSA) is 66.6 Å². The lowest BCUT2D eigenvalue weighted by Gasteiger charge is -2.21. The van der Waals surface area contributed by atoms with E-state index in [4.69, 9.17) is 5.73 Å². The Balaban J connectivity index is 1.86. The van der Waals surface area contributed by atoms with Gasteiger partial charge in [0, 0.05) is 13.6 Å². The number of hydrogen-bond acceptors (Lipinski definition) is 3. The van der Waals surface area contributed by atoms with Crippen LogP contribution in [0.3, 0.4) is 0 Å². The van der Waals surface area contributed by atoms with Gasteiger partial charge in [-0.25, -0.2) is 0 Å². The van der Waals surface area contributed by atoms with Crippen LogP contribution in [-0.4, -0.2) is 35.5 Å². The SMILES string of the molecule is CC1CC1CN(C)C(=O)C(N)Cc1ccc(O)cc1. The molecule has 1 aliphatic rings. The Kier molecular flexibility index (Phi) is 4.10. The van der Waals surface area contributed by atoms with Crippen molar-refractivity contribution in [3.8, 4) is 5.75 Å². The van der Waals surface area contributed by atoms with Crippen molar-refractivity contribution in [2.24, 2.45) is 17.6 Å². The van der Waals surface area contributed by atoms with Crippen LogP contribution in [0.2, 0.25) is 0 Å². The third-order valence-electron chi connectivity index (χ3n) is 3.87. The summed E-state index contributed by atoms with van der Waals surface area (Å²) in [7, 11) is 1.82. The molecule has 4 heteroatoms. The van der Waals surface area contributed by atoms with Gasteiger partial charge >= 0.3 is 0 Å². The first-order valence-corrected chi connectivity index (χ1v) is 6.76. The van der Waals surface area contributed by atoms with Crippen LogP contribution in [0.15, 0.2) is 24.3 Å². The standard InChI is InChI=1S/C15H22N2O2/c1-10-7-12(10)9-17(2)15(19)14(16)8-11-3-5-13(18)6-4-11/h3-6,10,12,14,18H,7-9,16H2,1-2H3. The normalized spacial score (nSPS) is 22.9. The minimum Gasteiger partial charge on any atom is -0.508 e. The molecule has 1 saturated carbocycles. The van der Waals surface area contributed by atoms with Crippen molar-refractivity contribution >= 4 is 5.91 Å². The third kappa shape index (κ3) is 3.70. The second-order valence-electron chi connectivity index (χ2n) is 5.67. The molecule has 0 aromatic heterocycles. The first-order valence-electron chi connectivity index (χ1n) is 6.76. The molecule has 0 spiro atoms. The van der Waals surface area contributed by atoms with E-state index in [0.717, 1.165) is 18.0 Å². The monoisotopic (exact) mass is 262 g/mol. The highest BCUT2D eigenvalue weighted by atomic mass is 16.3. The summed E-state index contributed by atoms with van der Waals surface area (Å²) in [5.41, 5.74) is 6.93. The van der Waals surface area contributed by atoms with Crippen LogP contribution >= 0.6 is 0 Å². The zero-order valence-electron chi connectivity index (χ0n) is 11.5. The van der Waals surface area contributed by atoms with E-state index in [9.17, 15) is 9.90 Å². The Bertz CT molecular complexity index is 444. The Morgan fingerprint density at radius 1 is 1.47 bits per heavy atom. The highest BCUT2D eigenvalue weighted by molar-refractivity contribution is 5.81. The average Bonchev–Trinajstić information content (AvgIpc) is 3.06. The second kappa shape index (κ2) is 5.61. The Morgan fingerprint density at radius 2 is 2.05 bits per heavy atom. The highest BCUT2D eigenvalue weighted by Crippen LogP contribution is 2.37. The highest BCUT2D eigenvalue weighted by Gasteiger charge is 2.34. The minimum absolute atomic E-state index is 0.00725. The molecule has 104 valence electrons. The van der Waals surface area contributed by atoms with Gasteiger partial charge in [-0.3, -0.25) is 4.79 Å². The lowest BCUT2D eigenvalue weighted by molar-refractivity contribution is -0.131. The number of aromatic hydroxyl groups is 1. The van der Waals surface area contributed by atoms with E-state index in [2.05, 4.69) is 6.92 Å². The molecule has 1 amide bonds. The molecule has 0 bridgehead atoms. The smallest absolute Gasteiger partial charge is 0.239 e. The number of phenolic OH excluding ortho intramolecular Hbond substituents is 1. The van der Waals surface area contributed by atoms with Crippen molar-refractivity contribution in [1.82, 2.24) is 4.90 Å². The molecule has 3 unspecified atom stereocenters. The fourth-order valence-electron chi connectivity index (χ4n) is 2.35. The maximum Gasteiger partial charge on any atom is 0.239 e. The number of rotatable bonds is 5. The number of hydrogen-bond donors (Lipinski definition) is 2. The number of carbonyl (C=O) groups is 1. The van der Waals surface area contributed by atoms with Gasteiger partial charge in [0.05, 0.1) is 6.04 Å². The van der Waals surface area contributed by atoms with Crippen LogP contribution < -0.4 is 5.73 Å². The van der Waals surface area contributed by atoms with Gasteiger partial charge in [-0.05, 0) is 42.4 Å². The minimum atomic E-state index is -0.511. The maximum absolute atomic E-state index is 12.1. The first kappa shape index (κ1) is 13.9. The van der Waals surface area contributed by atoms with Crippen LogP contribution in [0.5, 0.6) is 5.75 Å². The van der Waals surface area contributed by atoms with Crippen LogP contribution in [0, 0.1) is 11.8 Å². The molecule has 0 saturated heterocycles. The van der Waals surface area contributed by atoms with Crippen LogP contribution in [0.4, 0.5) is 0 Å². The zero-order valence-corrected chi connectivity index (χ0v) is 11.5. The van der Waals surface area contributed by atoms with Crippen molar-refractivity contribution in [3.63, 3.8) is 0 Å². The van der Waals surface area contributed by atoms with Crippen LogP contribution in [0.25, 0.3) is 0 Å². The number of nitrogens with zero attached hydrogens (tertiary/aromatic N) is 1. The third-order valence-corrected chi connectivity index (χ3v) is 3.87. The Labute approximate surface area is 114 Å². The van der Waals surface area contributed by atoms with E-state index in [1.165, 1.54) is 6.42 Å². The molecule has 0 aliphatic heterocycles. The summed E-state index contributed by atoms with van der Waals surface area (Å²) in [5, 5.41) is 9.21. The van der Waals surface area contributed by atoms with E-state index < -0.39 is 6.04 Å². The first-order chi connectivity index (χ1) is 8.97. The summed E-state index contributed by atoms with van der Waals surface area (Å²) in [6, 6.07) is 6.31. The van der Waals surface area contributed by atoms with Gasteiger partial charge in [0.1, 0.15) is 5.75 Å². The molecule has 4 nitrogen and oxygen atoms in total. The average molecular weight is 262 g/mol. The van der Waals surface area contributed by atoms with E-state index in [1.54, 1.807) is 29.2 Å². The lowest BCUT2D eigenvalue weighted by Crippen LogP contribution is -2.43.